The van der Waals surface area contributed by atoms with Crippen LogP contribution < -0.4 is 5.32 Å². The Balaban J connectivity index is 1.80. The molecule has 0 bridgehead atoms. The number of nitrogens with zero attached hydrogens (tertiary/aromatic N) is 2. The summed E-state index contributed by atoms with van der Waals surface area (Å²) in [5, 5.41) is 3.16. The van der Waals surface area contributed by atoms with Crippen molar-refractivity contribution >= 4 is 16.9 Å². The molecule has 2 aromatic rings. The van der Waals surface area contributed by atoms with Crippen molar-refractivity contribution in [1.82, 2.24) is 14.9 Å². The topological polar surface area (TPSA) is 46.9 Å². The first kappa shape index (κ1) is 14.1. The van der Waals surface area contributed by atoms with Crippen molar-refractivity contribution in [3.05, 3.63) is 30.1 Å². The number of hydrogen-bond donors (Lipinski definition) is 1. The Hall–Kier alpha value is -1.84. The number of fused-ring (bicyclic) bond motifs is 1. The van der Waals surface area contributed by atoms with E-state index in [1.807, 2.05) is 24.3 Å². The fraction of sp³-hybridized carbons (Fsp3) is 0.529. The van der Waals surface area contributed by atoms with Crippen LogP contribution >= 0.6 is 0 Å². The van der Waals surface area contributed by atoms with E-state index in [4.69, 9.17) is 0 Å². The summed E-state index contributed by atoms with van der Waals surface area (Å²) in [7, 11) is 0. The largest absolute Gasteiger partial charge is 0.352 e. The average molecular weight is 285 g/mol. The van der Waals surface area contributed by atoms with Crippen LogP contribution in [0.25, 0.3) is 11.0 Å². The van der Waals surface area contributed by atoms with Crippen LogP contribution in [-0.2, 0) is 17.8 Å². The molecule has 0 saturated heterocycles. The molecule has 1 aromatic heterocycles. The van der Waals surface area contributed by atoms with Gasteiger partial charge in [0.1, 0.15) is 12.4 Å². The van der Waals surface area contributed by atoms with Crippen molar-refractivity contribution in [1.29, 1.82) is 0 Å². The van der Waals surface area contributed by atoms with Crippen LogP contribution in [0.4, 0.5) is 0 Å². The Morgan fingerprint density at radius 3 is 2.86 bits per heavy atom. The van der Waals surface area contributed by atoms with Gasteiger partial charge in [-0.3, -0.25) is 4.79 Å². The summed E-state index contributed by atoms with van der Waals surface area (Å²) in [6, 6.07) is 8.44. The SMILES string of the molecule is CCCc1nc2ccccc2n1CC(=O)NC1CCCC1. The maximum Gasteiger partial charge on any atom is 0.240 e. The van der Waals surface area contributed by atoms with E-state index in [1.54, 1.807) is 0 Å². The molecule has 0 aliphatic heterocycles. The van der Waals surface area contributed by atoms with Gasteiger partial charge in [-0.2, -0.15) is 0 Å². The van der Waals surface area contributed by atoms with E-state index in [0.29, 0.717) is 12.6 Å². The molecule has 1 N–H and O–H groups in total. The Bertz CT molecular complexity index is 626. The number of para-hydroxylation sites is 2. The van der Waals surface area contributed by atoms with Crippen molar-refractivity contribution < 1.29 is 4.79 Å². The standard InChI is InChI=1S/C17H23N3O/c1-2-7-16-19-14-10-5-6-11-15(14)20(16)12-17(21)18-13-8-3-4-9-13/h5-6,10-11,13H,2-4,7-9,12H2,1H3,(H,18,21). The molecule has 4 heteroatoms. The zero-order chi connectivity index (χ0) is 14.7. The third kappa shape index (κ3) is 3.09. The lowest BCUT2D eigenvalue weighted by Gasteiger charge is -2.14. The monoisotopic (exact) mass is 285 g/mol. The first-order valence-electron chi connectivity index (χ1n) is 8.01. The number of carbonyl (C=O) groups excluding carboxylic acids is 1. The van der Waals surface area contributed by atoms with Gasteiger partial charge in [-0.25, -0.2) is 4.98 Å². The maximum absolute atomic E-state index is 12.3. The number of nitrogens with one attached hydrogen (secondary N) is 1. The van der Waals surface area contributed by atoms with E-state index in [0.717, 1.165) is 42.5 Å². The highest BCUT2D eigenvalue weighted by Gasteiger charge is 2.18. The quantitative estimate of drug-likeness (QED) is 0.918. The third-order valence-corrected chi connectivity index (χ3v) is 4.23. The molecule has 1 amide bonds. The van der Waals surface area contributed by atoms with E-state index in [1.165, 1.54) is 12.8 Å². The smallest absolute Gasteiger partial charge is 0.240 e. The van der Waals surface area contributed by atoms with Crippen molar-refractivity contribution in [2.24, 2.45) is 0 Å². The number of carbonyl (C=O) groups is 1. The fourth-order valence-electron chi connectivity index (χ4n) is 3.20. The van der Waals surface area contributed by atoms with Crippen LogP contribution in [0.1, 0.15) is 44.9 Å². The van der Waals surface area contributed by atoms with Crippen LogP contribution in [0, 0.1) is 0 Å². The fourth-order valence-corrected chi connectivity index (χ4v) is 3.20. The summed E-state index contributed by atoms with van der Waals surface area (Å²) in [6.45, 7) is 2.52. The highest BCUT2D eigenvalue weighted by molar-refractivity contribution is 5.81. The molecule has 1 aliphatic carbocycles. The first-order valence-corrected chi connectivity index (χ1v) is 8.01. The van der Waals surface area contributed by atoms with E-state index >= 15 is 0 Å². The molecule has 4 nitrogen and oxygen atoms in total. The Kier molecular flexibility index (Phi) is 4.23. The lowest BCUT2D eigenvalue weighted by Crippen LogP contribution is -2.35. The molecule has 1 aromatic carbocycles. The highest BCUT2D eigenvalue weighted by atomic mass is 16.2. The van der Waals surface area contributed by atoms with Gasteiger partial charge in [-0.15, -0.1) is 0 Å². The minimum atomic E-state index is 0.113. The second-order valence-corrected chi connectivity index (χ2v) is 5.90. The second-order valence-electron chi connectivity index (χ2n) is 5.90. The Labute approximate surface area is 125 Å². The van der Waals surface area contributed by atoms with Gasteiger partial charge in [0.2, 0.25) is 5.91 Å². The average Bonchev–Trinajstić information content (AvgIpc) is 3.08. The maximum atomic E-state index is 12.3. The number of benzene rings is 1. The Morgan fingerprint density at radius 1 is 1.33 bits per heavy atom. The molecule has 1 aliphatic rings. The van der Waals surface area contributed by atoms with Gasteiger partial charge in [0.25, 0.3) is 0 Å². The minimum absolute atomic E-state index is 0.113. The lowest BCUT2D eigenvalue weighted by atomic mass is 10.2. The number of hydrogen-bond acceptors (Lipinski definition) is 2. The van der Waals surface area contributed by atoms with E-state index < -0.39 is 0 Å². The summed E-state index contributed by atoms with van der Waals surface area (Å²) in [6.07, 6.45) is 6.66. The van der Waals surface area contributed by atoms with Crippen molar-refractivity contribution in [2.75, 3.05) is 0 Å². The van der Waals surface area contributed by atoms with Crippen LogP contribution in [-0.4, -0.2) is 21.5 Å². The summed E-state index contributed by atoms with van der Waals surface area (Å²) in [5.74, 6) is 1.13. The summed E-state index contributed by atoms with van der Waals surface area (Å²) in [4.78, 5) is 17.0. The molecule has 0 spiro atoms. The number of aryl methyl sites for hydroxylation is 1. The molecule has 0 atom stereocenters. The highest BCUT2D eigenvalue weighted by Crippen LogP contribution is 2.19. The summed E-state index contributed by atoms with van der Waals surface area (Å²) < 4.78 is 2.07. The minimum Gasteiger partial charge on any atom is -0.352 e. The molecular weight excluding hydrogens is 262 g/mol. The third-order valence-electron chi connectivity index (χ3n) is 4.23. The van der Waals surface area contributed by atoms with E-state index in [2.05, 4.69) is 21.8 Å². The first-order chi connectivity index (χ1) is 10.3. The van der Waals surface area contributed by atoms with E-state index in [9.17, 15) is 4.79 Å². The normalized spacial score (nSPS) is 15.7. The van der Waals surface area contributed by atoms with E-state index in [-0.39, 0.29) is 5.91 Å². The van der Waals surface area contributed by atoms with Crippen LogP contribution in [0.15, 0.2) is 24.3 Å². The summed E-state index contributed by atoms with van der Waals surface area (Å²) in [5.41, 5.74) is 2.04. The molecule has 21 heavy (non-hydrogen) atoms. The molecule has 3 rings (SSSR count). The molecule has 112 valence electrons. The summed E-state index contributed by atoms with van der Waals surface area (Å²) >= 11 is 0. The molecule has 0 radical (unpaired) electrons. The molecule has 1 heterocycles. The van der Waals surface area contributed by atoms with Crippen LogP contribution in [0.3, 0.4) is 0 Å². The van der Waals surface area contributed by atoms with Crippen molar-refractivity contribution in [3.63, 3.8) is 0 Å². The number of aromatic nitrogens is 2. The predicted molar refractivity (Wildman–Crippen MR) is 84.1 cm³/mol. The lowest BCUT2D eigenvalue weighted by molar-refractivity contribution is -0.122. The van der Waals surface area contributed by atoms with Gasteiger partial charge in [-0.1, -0.05) is 31.9 Å². The predicted octanol–water partition coefficient (Wildman–Crippen LogP) is 3.05. The van der Waals surface area contributed by atoms with Gasteiger partial charge in [0, 0.05) is 12.5 Å². The number of amides is 1. The van der Waals surface area contributed by atoms with Gasteiger partial charge in [-0.05, 0) is 31.4 Å². The zero-order valence-corrected chi connectivity index (χ0v) is 12.6. The Morgan fingerprint density at radius 2 is 2.10 bits per heavy atom. The molecule has 1 saturated carbocycles. The second kappa shape index (κ2) is 6.29. The molecule has 0 unspecified atom stereocenters. The van der Waals surface area contributed by atoms with Gasteiger partial charge < -0.3 is 9.88 Å². The van der Waals surface area contributed by atoms with Gasteiger partial charge in [0.15, 0.2) is 0 Å². The van der Waals surface area contributed by atoms with Crippen molar-refractivity contribution in [2.45, 2.75) is 58.0 Å². The van der Waals surface area contributed by atoms with Crippen LogP contribution in [0.5, 0.6) is 0 Å². The van der Waals surface area contributed by atoms with Gasteiger partial charge >= 0.3 is 0 Å². The number of rotatable bonds is 5. The molecular formula is C17H23N3O. The van der Waals surface area contributed by atoms with Crippen LogP contribution in [0.2, 0.25) is 0 Å². The van der Waals surface area contributed by atoms with Gasteiger partial charge in [0.05, 0.1) is 11.0 Å². The van der Waals surface area contributed by atoms with Crippen molar-refractivity contribution in [3.8, 4) is 0 Å². The number of imidazole rings is 1. The zero-order valence-electron chi connectivity index (χ0n) is 12.6. The molecule has 1 fully saturated rings.